The first kappa shape index (κ1) is 14.0. The van der Waals surface area contributed by atoms with E-state index in [1.54, 1.807) is 18.4 Å². The van der Waals surface area contributed by atoms with Gasteiger partial charge in [-0.05, 0) is 37.8 Å². The molecule has 2 aromatic rings. The molecule has 112 valence electrons. The molecule has 1 fully saturated rings. The van der Waals surface area contributed by atoms with Gasteiger partial charge >= 0.3 is 0 Å². The van der Waals surface area contributed by atoms with Crippen molar-refractivity contribution in [3.8, 4) is 11.6 Å². The third-order valence-corrected chi connectivity index (χ3v) is 4.40. The second-order valence-corrected chi connectivity index (χ2v) is 6.08. The maximum atomic E-state index is 11.9. The van der Waals surface area contributed by atoms with Crippen LogP contribution >= 0.6 is 11.8 Å². The molecule has 2 heterocycles. The second kappa shape index (κ2) is 5.80. The first-order valence-electron chi connectivity index (χ1n) is 6.81. The quantitative estimate of drug-likeness (QED) is 0.616. The maximum Gasteiger partial charge on any atom is 0.230 e. The Labute approximate surface area is 126 Å². The van der Waals surface area contributed by atoms with E-state index in [0.717, 1.165) is 0 Å². The molecule has 0 saturated heterocycles. The van der Waals surface area contributed by atoms with Gasteiger partial charge in [-0.25, -0.2) is 4.68 Å². The molecular formula is C13H17N5O2S. The van der Waals surface area contributed by atoms with Gasteiger partial charge in [0.2, 0.25) is 16.9 Å². The van der Waals surface area contributed by atoms with Gasteiger partial charge in [0.05, 0.1) is 12.0 Å². The highest BCUT2D eigenvalue weighted by Gasteiger charge is 2.28. The van der Waals surface area contributed by atoms with Crippen molar-refractivity contribution in [1.82, 2.24) is 20.2 Å². The summed E-state index contributed by atoms with van der Waals surface area (Å²) in [4.78, 5) is 11.9. The molecule has 0 aliphatic heterocycles. The first-order chi connectivity index (χ1) is 10.1. The molecule has 3 N–H and O–H groups in total. The minimum atomic E-state index is -0.0121. The van der Waals surface area contributed by atoms with E-state index in [4.69, 9.17) is 10.3 Å². The van der Waals surface area contributed by atoms with Gasteiger partial charge in [0.15, 0.2) is 5.76 Å². The predicted octanol–water partition coefficient (Wildman–Crippen LogP) is 1.26. The molecule has 1 saturated carbocycles. The summed E-state index contributed by atoms with van der Waals surface area (Å²) in [5.74, 6) is 7.80. The van der Waals surface area contributed by atoms with Crippen molar-refractivity contribution in [2.45, 2.75) is 31.0 Å². The number of carbonyl (C=O) groups excluding carboxylic acids is 1. The van der Waals surface area contributed by atoms with Crippen molar-refractivity contribution in [1.29, 1.82) is 0 Å². The van der Waals surface area contributed by atoms with E-state index in [9.17, 15) is 4.79 Å². The van der Waals surface area contributed by atoms with Crippen LogP contribution in [0.4, 0.5) is 0 Å². The van der Waals surface area contributed by atoms with Crippen molar-refractivity contribution in [2.75, 3.05) is 11.6 Å². The molecule has 1 aliphatic carbocycles. The minimum absolute atomic E-state index is 0.0121. The van der Waals surface area contributed by atoms with Crippen LogP contribution < -0.4 is 11.2 Å². The number of nitrogens with two attached hydrogens (primary N) is 1. The molecule has 3 rings (SSSR count). The molecule has 0 radical (unpaired) electrons. The van der Waals surface area contributed by atoms with E-state index in [1.165, 1.54) is 29.3 Å². The van der Waals surface area contributed by atoms with Crippen LogP contribution in [0.3, 0.4) is 0 Å². The van der Waals surface area contributed by atoms with E-state index in [0.29, 0.717) is 22.7 Å². The predicted molar refractivity (Wildman–Crippen MR) is 78.9 cm³/mol. The average Bonchev–Trinajstić information content (AvgIpc) is 3.06. The molecule has 7 nitrogen and oxygen atoms in total. The smallest absolute Gasteiger partial charge is 0.230 e. The molecule has 0 unspecified atom stereocenters. The fraction of sp³-hybridized carbons (Fsp3) is 0.462. The van der Waals surface area contributed by atoms with E-state index in [1.807, 2.05) is 6.92 Å². The normalized spacial score (nSPS) is 15.9. The monoisotopic (exact) mass is 307 g/mol. The topological polar surface area (TPSA) is 99.0 Å². The largest absolute Gasteiger partial charge is 0.461 e. The highest BCUT2D eigenvalue weighted by molar-refractivity contribution is 7.99. The number of furan rings is 1. The van der Waals surface area contributed by atoms with Crippen LogP contribution in [0.5, 0.6) is 0 Å². The summed E-state index contributed by atoms with van der Waals surface area (Å²) >= 11 is 1.26. The van der Waals surface area contributed by atoms with Crippen molar-refractivity contribution >= 4 is 17.7 Å². The number of aromatic nitrogens is 3. The van der Waals surface area contributed by atoms with Crippen LogP contribution in [-0.4, -0.2) is 32.6 Å². The number of hydrogen-bond acceptors (Lipinski definition) is 6. The molecule has 1 aliphatic rings. The Bertz CT molecular complexity index is 621. The summed E-state index contributed by atoms with van der Waals surface area (Å²) in [5.41, 5.74) is 0. The Balaban J connectivity index is 1.57. The fourth-order valence-electron chi connectivity index (χ4n) is 2.09. The van der Waals surface area contributed by atoms with E-state index >= 15 is 0 Å². The van der Waals surface area contributed by atoms with Crippen LogP contribution in [0, 0.1) is 5.92 Å². The number of thioether (sulfide) groups is 1. The van der Waals surface area contributed by atoms with Crippen molar-refractivity contribution in [2.24, 2.45) is 5.92 Å². The lowest BCUT2D eigenvalue weighted by atomic mass is 10.2. The summed E-state index contributed by atoms with van der Waals surface area (Å²) < 4.78 is 6.57. The Morgan fingerprint density at radius 3 is 3.10 bits per heavy atom. The lowest BCUT2D eigenvalue weighted by Gasteiger charge is -2.12. The minimum Gasteiger partial charge on any atom is -0.461 e. The highest BCUT2D eigenvalue weighted by Crippen LogP contribution is 2.32. The lowest BCUT2D eigenvalue weighted by molar-refractivity contribution is -0.119. The van der Waals surface area contributed by atoms with Gasteiger partial charge in [0, 0.05) is 6.04 Å². The first-order valence-corrected chi connectivity index (χ1v) is 7.80. The summed E-state index contributed by atoms with van der Waals surface area (Å²) in [6.45, 7) is 2.04. The highest BCUT2D eigenvalue weighted by atomic mass is 32.2. The Morgan fingerprint density at radius 2 is 2.43 bits per heavy atom. The number of nitrogens with zero attached hydrogens (tertiary/aromatic N) is 3. The third-order valence-electron chi connectivity index (χ3n) is 3.46. The van der Waals surface area contributed by atoms with Crippen LogP contribution in [0.2, 0.25) is 0 Å². The zero-order valence-corrected chi connectivity index (χ0v) is 12.5. The molecule has 1 atom stereocenters. The summed E-state index contributed by atoms with van der Waals surface area (Å²) in [6.07, 6.45) is 3.96. The van der Waals surface area contributed by atoms with Gasteiger partial charge in [-0.15, -0.1) is 10.2 Å². The van der Waals surface area contributed by atoms with Crippen molar-refractivity contribution < 1.29 is 9.21 Å². The molecule has 2 aromatic heterocycles. The molecule has 21 heavy (non-hydrogen) atoms. The molecule has 0 spiro atoms. The zero-order chi connectivity index (χ0) is 14.8. The van der Waals surface area contributed by atoms with Crippen LogP contribution in [0.1, 0.15) is 19.8 Å². The van der Waals surface area contributed by atoms with E-state index in [-0.39, 0.29) is 17.7 Å². The summed E-state index contributed by atoms with van der Waals surface area (Å²) in [7, 11) is 0. The third kappa shape index (κ3) is 3.21. The Hall–Kier alpha value is -1.96. The van der Waals surface area contributed by atoms with Crippen LogP contribution in [0.15, 0.2) is 28.0 Å². The van der Waals surface area contributed by atoms with Gasteiger partial charge in [-0.2, -0.15) is 0 Å². The van der Waals surface area contributed by atoms with Crippen LogP contribution in [-0.2, 0) is 4.79 Å². The zero-order valence-electron chi connectivity index (χ0n) is 11.7. The van der Waals surface area contributed by atoms with Gasteiger partial charge in [-0.3, -0.25) is 4.79 Å². The fourth-order valence-corrected chi connectivity index (χ4v) is 2.76. The summed E-state index contributed by atoms with van der Waals surface area (Å²) in [6, 6.07) is 3.75. The van der Waals surface area contributed by atoms with Gasteiger partial charge in [0.25, 0.3) is 0 Å². The maximum absolute atomic E-state index is 11.9. The average molecular weight is 307 g/mol. The molecule has 0 aromatic carbocycles. The number of carbonyl (C=O) groups is 1. The number of amides is 1. The SMILES string of the molecule is C[C@H](NC(=O)CSc1nnc(-c2ccco2)n1N)C1CC1. The van der Waals surface area contributed by atoms with Gasteiger partial charge in [0.1, 0.15) is 0 Å². The standard InChI is InChI=1S/C13H17N5O2S/c1-8(9-4-5-9)15-11(19)7-21-13-17-16-12(18(13)14)10-3-2-6-20-10/h2-3,6,8-9H,4-5,7,14H2,1H3,(H,15,19)/t8-/m0/s1. The second-order valence-electron chi connectivity index (χ2n) is 5.14. The van der Waals surface area contributed by atoms with Crippen molar-refractivity contribution in [3.63, 3.8) is 0 Å². The van der Waals surface area contributed by atoms with Crippen molar-refractivity contribution in [3.05, 3.63) is 18.4 Å². The molecular weight excluding hydrogens is 290 g/mol. The number of nitrogens with one attached hydrogen (secondary N) is 1. The Morgan fingerprint density at radius 1 is 1.62 bits per heavy atom. The van der Waals surface area contributed by atoms with E-state index in [2.05, 4.69) is 15.5 Å². The Kier molecular flexibility index (Phi) is 3.87. The number of nitrogen functional groups attached to an aromatic ring is 1. The number of rotatable bonds is 6. The number of hydrogen-bond donors (Lipinski definition) is 2. The van der Waals surface area contributed by atoms with Gasteiger partial charge in [-0.1, -0.05) is 11.8 Å². The molecule has 0 bridgehead atoms. The molecule has 8 heteroatoms. The summed E-state index contributed by atoms with van der Waals surface area (Å²) in [5, 5.41) is 11.4. The molecule has 1 amide bonds. The van der Waals surface area contributed by atoms with E-state index < -0.39 is 0 Å². The van der Waals surface area contributed by atoms with Gasteiger partial charge < -0.3 is 15.6 Å². The van der Waals surface area contributed by atoms with Crippen LogP contribution in [0.25, 0.3) is 11.6 Å². The lowest BCUT2D eigenvalue weighted by Crippen LogP contribution is -2.35.